The number of piperidine rings is 1. The van der Waals surface area contributed by atoms with Gasteiger partial charge in [-0.25, -0.2) is 9.97 Å². The molecule has 6 rings (SSSR count). The fourth-order valence-electron chi connectivity index (χ4n) is 6.24. The van der Waals surface area contributed by atoms with Crippen molar-refractivity contribution in [3.8, 4) is 11.1 Å². The van der Waals surface area contributed by atoms with Gasteiger partial charge in [0.15, 0.2) is 5.82 Å². The van der Waals surface area contributed by atoms with E-state index in [4.69, 9.17) is 4.98 Å². The number of carboxylic acid groups (broad SMARTS) is 1. The number of carbonyl (C=O) groups is 1. The number of aliphatic carboxylic acids is 1. The molecule has 1 aromatic carbocycles. The van der Waals surface area contributed by atoms with Crippen LogP contribution in [0.2, 0.25) is 0 Å². The van der Waals surface area contributed by atoms with Crippen LogP contribution < -0.4 is 9.80 Å². The van der Waals surface area contributed by atoms with Crippen molar-refractivity contribution in [2.24, 2.45) is 5.41 Å². The number of hydrogen-bond acceptors (Lipinski definition) is 6. The van der Waals surface area contributed by atoms with E-state index in [1.165, 1.54) is 11.1 Å². The summed E-state index contributed by atoms with van der Waals surface area (Å²) in [4.78, 5) is 33.8. The topological polar surface area (TPSA) is 98.2 Å². The summed E-state index contributed by atoms with van der Waals surface area (Å²) in [5.41, 5.74) is 10.7. The number of fused-ring (bicyclic) bond motifs is 2. The monoisotopic (exact) mass is 524 g/mol. The van der Waals surface area contributed by atoms with Crippen LogP contribution in [0.5, 0.6) is 0 Å². The third-order valence-corrected chi connectivity index (χ3v) is 8.54. The molecule has 5 heterocycles. The Morgan fingerprint density at radius 1 is 1.03 bits per heavy atom. The van der Waals surface area contributed by atoms with E-state index >= 15 is 0 Å². The zero-order valence-electron chi connectivity index (χ0n) is 23.2. The lowest BCUT2D eigenvalue weighted by molar-refractivity contribution is -0.136. The minimum absolute atomic E-state index is 0.0209. The summed E-state index contributed by atoms with van der Waals surface area (Å²) >= 11 is 0. The van der Waals surface area contributed by atoms with E-state index < -0.39 is 5.97 Å². The highest BCUT2D eigenvalue weighted by molar-refractivity contribution is 5.87. The highest BCUT2D eigenvalue weighted by Crippen LogP contribution is 2.42. The number of pyridine rings is 2. The van der Waals surface area contributed by atoms with E-state index in [1.54, 1.807) is 6.33 Å². The van der Waals surface area contributed by atoms with Gasteiger partial charge in [-0.15, -0.1) is 0 Å². The third kappa shape index (κ3) is 4.73. The number of benzene rings is 1. The molecule has 2 aliphatic rings. The Kier molecular flexibility index (Phi) is 6.28. The van der Waals surface area contributed by atoms with E-state index in [1.807, 2.05) is 19.2 Å². The van der Waals surface area contributed by atoms with Crippen LogP contribution in [0.25, 0.3) is 22.2 Å². The first-order chi connectivity index (χ1) is 18.7. The highest BCUT2D eigenvalue weighted by atomic mass is 16.4. The predicted molar refractivity (Wildman–Crippen MR) is 154 cm³/mol. The van der Waals surface area contributed by atoms with Crippen molar-refractivity contribution in [3.63, 3.8) is 0 Å². The van der Waals surface area contributed by atoms with Gasteiger partial charge in [-0.1, -0.05) is 32.0 Å². The fourth-order valence-corrected chi connectivity index (χ4v) is 6.24. The van der Waals surface area contributed by atoms with Crippen LogP contribution in [0.15, 0.2) is 36.8 Å². The Bertz CT molecular complexity index is 1560. The lowest BCUT2D eigenvalue weighted by atomic mass is 9.82. The van der Waals surface area contributed by atoms with Gasteiger partial charge >= 0.3 is 5.97 Å². The molecule has 8 nitrogen and oxygen atoms in total. The Morgan fingerprint density at radius 2 is 1.82 bits per heavy atom. The third-order valence-electron chi connectivity index (χ3n) is 8.54. The molecule has 0 radical (unpaired) electrons. The summed E-state index contributed by atoms with van der Waals surface area (Å²) in [7, 11) is 0. The van der Waals surface area contributed by atoms with E-state index in [2.05, 4.69) is 63.7 Å². The van der Waals surface area contributed by atoms with Crippen LogP contribution >= 0.6 is 0 Å². The Morgan fingerprint density at radius 3 is 2.59 bits per heavy atom. The number of carboxylic acids is 1. The van der Waals surface area contributed by atoms with Crippen LogP contribution in [0.4, 0.5) is 11.5 Å². The number of imidazole rings is 1. The van der Waals surface area contributed by atoms with E-state index in [9.17, 15) is 9.90 Å². The number of nitrogens with one attached hydrogen (secondary N) is 1. The molecule has 0 atom stereocenters. The van der Waals surface area contributed by atoms with Crippen molar-refractivity contribution < 1.29 is 9.90 Å². The molecule has 4 aromatic rings. The van der Waals surface area contributed by atoms with Crippen molar-refractivity contribution >= 4 is 28.5 Å². The zero-order valence-corrected chi connectivity index (χ0v) is 23.2. The van der Waals surface area contributed by atoms with Gasteiger partial charge in [0.2, 0.25) is 0 Å². The summed E-state index contributed by atoms with van der Waals surface area (Å²) in [5.74, 6) is 0.0926. The number of rotatable bonds is 5. The molecule has 0 aliphatic carbocycles. The number of anilines is 2. The van der Waals surface area contributed by atoms with E-state index in [0.29, 0.717) is 5.41 Å². The summed E-state index contributed by atoms with van der Waals surface area (Å²) in [6.45, 7) is 12.1. The summed E-state index contributed by atoms with van der Waals surface area (Å²) in [5, 5.41) is 9.79. The quantitative estimate of drug-likeness (QED) is 0.358. The number of aryl methyl sites for hydroxylation is 2. The van der Waals surface area contributed by atoms with Crippen LogP contribution in [0.1, 0.15) is 54.8 Å². The molecule has 0 spiro atoms. The second-order valence-corrected chi connectivity index (χ2v) is 11.8. The largest absolute Gasteiger partial charge is 0.481 e. The number of hydrogen-bond donors (Lipinski definition) is 2. The van der Waals surface area contributed by atoms with Crippen molar-refractivity contribution in [2.45, 2.75) is 59.9 Å². The van der Waals surface area contributed by atoms with Gasteiger partial charge in [0, 0.05) is 54.9 Å². The summed E-state index contributed by atoms with van der Waals surface area (Å²) < 4.78 is 0. The Balaban J connectivity index is 1.39. The predicted octanol–water partition coefficient (Wildman–Crippen LogP) is 5.45. The molecule has 202 valence electrons. The SMILES string of the molecule is Cc1nc(C)c(-c2ccc3c(c2)CCN(c2nccc4[nH]cnc24)C3)c(N2CCC(C)(C)CC2)c1CC(=O)O. The van der Waals surface area contributed by atoms with Crippen molar-refractivity contribution in [3.05, 3.63) is 64.9 Å². The van der Waals surface area contributed by atoms with Gasteiger partial charge in [-0.05, 0) is 61.3 Å². The van der Waals surface area contributed by atoms with Crippen LogP contribution in [-0.2, 0) is 24.2 Å². The molecule has 0 bridgehead atoms. The molecule has 2 aliphatic heterocycles. The van der Waals surface area contributed by atoms with Gasteiger partial charge in [-0.3, -0.25) is 9.78 Å². The molecule has 0 amide bonds. The summed E-state index contributed by atoms with van der Waals surface area (Å²) in [6.07, 6.45) is 6.59. The van der Waals surface area contributed by atoms with Crippen molar-refractivity contribution in [1.29, 1.82) is 0 Å². The first-order valence-corrected chi connectivity index (χ1v) is 13.8. The smallest absolute Gasteiger partial charge is 0.307 e. The van der Waals surface area contributed by atoms with Crippen LogP contribution in [-0.4, -0.2) is 50.6 Å². The molecule has 1 saturated heterocycles. The molecule has 0 saturated carbocycles. The maximum atomic E-state index is 11.9. The molecule has 39 heavy (non-hydrogen) atoms. The first kappa shape index (κ1) is 25.3. The molecule has 2 N–H and O–H groups in total. The second kappa shape index (κ2) is 9.67. The lowest BCUT2D eigenvalue weighted by Crippen LogP contribution is -2.38. The normalized spacial score (nSPS) is 16.9. The maximum absolute atomic E-state index is 11.9. The average molecular weight is 525 g/mol. The van der Waals surface area contributed by atoms with Crippen molar-refractivity contribution in [2.75, 3.05) is 29.4 Å². The van der Waals surface area contributed by atoms with Gasteiger partial charge in [-0.2, -0.15) is 0 Å². The van der Waals surface area contributed by atoms with Crippen LogP contribution in [0, 0.1) is 19.3 Å². The van der Waals surface area contributed by atoms with Gasteiger partial charge in [0.25, 0.3) is 0 Å². The zero-order chi connectivity index (χ0) is 27.3. The maximum Gasteiger partial charge on any atom is 0.307 e. The molecule has 0 unspecified atom stereocenters. The number of nitrogens with zero attached hydrogens (tertiary/aromatic N) is 5. The minimum atomic E-state index is -0.820. The number of aromatic nitrogens is 4. The standard InChI is InChI=1S/C31H36N6O2/c1-19-24(16-26(38)39)29(36-13-9-31(3,4)10-14-36)27(20(2)35-19)22-5-6-23-17-37(12-8-21(23)15-22)30-28-25(7-11-32-30)33-18-34-28/h5-7,11,15,18H,8-10,12-14,16-17H2,1-4H3,(H,33,34)(H,38,39). The Hall–Kier alpha value is -3.94. The number of aromatic amines is 1. The minimum Gasteiger partial charge on any atom is -0.481 e. The fraction of sp³-hybridized carbons (Fsp3) is 0.419. The molecule has 8 heteroatoms. The Labute approximate surface area is 229 Å². The summed E-state index contributed by atoms with van der Waals surface area (Å²) in [6, 6.07) is 8.66. The first-order valence-electron chi connectivity index (χ1n) is 13.8. The molecular formula is C31H36N6O2. The van der Waals surface area contributed by atoms with Gasteiger partial charge in [0.1, 0.15) is 5.52 Å². The van der Waals surface area contributed by atoms with Gasteiger partial charge < -0.3 is 19.9 Å². The average Bonchev–Trinajstić information content (AvgIpc) is 3.39. The van der Waals surface area contributed by atoms with E-state index in [-0.39, 0.29) is 6.42 Å². The lowest BCUT2D eigenvalue weighted by Gasteiger charge is -2.40. The molecular weight excluding hydrogens is 488 g/mol. The molecule has 3 aromatic heterocycles. The number of H-pyrrole nitrogens is 1. The van der Waals surface area contributed by atoms with Crippen molar-refractivity contribution in [1.82, 2.24) is 19.9 Å². The highest BCUT2D eigenvalue weighted by Gasteiger charge is 2.30. The van der Waals surface area contributed by atoms with Crippen LogP contribution in [0.3, 0.4) is 0 Å². The van der Waals surface area contributed by atoms with E-state index in [0.717, 1.165) is 96.1 Å². The second-order valence-electron chi connectivity index (χ2n) is 11.8. The molecule has 1 fully saturated rings. The van der Waals surface area contributed by atoms with Gasteiger partial charge in [0.05, 0.1) is 24.0 Å².